The molecule has 0 amide bonds. The van der Waals surface area contributed by atoms with Crippen LogP contribution >= 0.6 is 0 Å². The molecule has 0 saturated carbocycles. The van der Waals surface area contributed by atoms with Gasteiger partial charge in [0.05, 0.1) is 0 Å². The van der Waals surface area contributed by atoms with Gasteiger partial charge in [0.2, 0.25) is 0 Å². The van der Waals surface area contributed by atoms with Gasteiger partial charge in [0.1, 0.15) is 0 Å². The molecule has 0 aliphatic rings. The second-order valence-corrected chi connectivity index (χ2v) is 3.66. The summed E-state index contributed by atoms with van der Waals surface area (Å²) < 4.78 is 0. The predicted molar refractivity (Wildman–Crippen MR) is 101 cm³/mol. The maximum atomic E-state index is 2.21. The minimum atomic E-state index is 1.34. The molecule has 0 atom stereocenters. The van der Waals surface area contributed by atoms with Gasteiger partial charge in [0, 0.05) is 0 Å². The van der Waals surface area contributed by atoms with Crippen molar-refractivity contribution in [2.24, 2.45) is 0 Å². The number of hydrogen-bond donors (Lipinski definition) is 0. The summed E-state index contributed by atoms with van der Waals surface area (Å²) in [5, 5.41) is 0. The summed E-state index contributed by atoms with van der Waals surface area (Å²) in [5.74, 6) is 0. The maximum Gasteiger partial charge on any atom is -0.0538 e. The molecule has 0 bridgehead atoms. The lowest BCUT2D eigenvalue weighted by molar-refractivity contribution is 0.772. The van der Waals surface area contributed by atoms with Gasteiger partial charge in [-0.3, -0.25) is 0 Å². The number of hydrogen-bond acceptors (Lipinski definition) is 0. The highest BCUT2D eigenvalue weighted by atomic mass is 13.7. The zero-order valence-corrected chi connectivity index (χ0v) is 15.0. The summed E-state index contributed by atoms with van der Waals surface area (Å²) in [6.07, 6.45) is 4.08. The van der Waals surface area contributed by atoms with Gasteiger partial charge in [0.25, 0.3) is 0 Å². The fraction of sp³-hybridized carbons (Fsp3) is 0.429. The van der Waals surface area contributed by atoms with Crippen molar-refractivity contribution in [3.05, 3.63) is 72.8 Å². The molecule has 0 unspecified atom stereocenters. The topological polar surface area (TPSA) is 0 Å². The van der Waals surface area contributed by atoms with Gasteiger partial charge < -0.3 is 0 Å². The standard InChI is InChI=1S/2C6H6.C5H12.2C2H6/c2*1-2-4-6-5-3-1;1-3-5-4-2;2*1-2/h2*1-6H;3-5H2,1-2H3;2*1-2H3. The summed E-state index contributed by atoms with van der Waals surface area (Å²) in [4.78, 5) is 0. The molecule has 0 N–H and O–H groups in total. The van der Waals surface area contributed by atoms with E-state index >= 15 is 0 Å². The van der Waals surface area contributed by atoms with Crippen molar-refractivity contribution >= 4 is 0 Å². The van der Waals surface area contributed by atoms with Crippen LogP contribution in [-0.2, 0) is 0 Å². The van der Waals surface area contributed by atoms with Crippen LogP contribution in [0.25, 0.3) is 0 Å². The number of benzene rings is 2. The molecule has 0 heterocycles. The first-order chi connectivity index (χ1) is 10.4. The second-order valence-electron chi connectivity index (χ2n) is 3.66. The average molecular weight is 289 g/mol. The van der Waals surface area contributed by atoms with E-state index in [1.165, 1.54) is 19.3 Å². The third-order valence-electron chi connectivity index (χ3n) is 2.04. The molecule has 0 fully saturated rings. The van der Waals surface area contributed by atoms with Crippen molar-refractivity contribution in [2.75, 3.05) is 0 Å². The van der Waals surface area contributed by atoms with Crippen LogP contribution in [0.5, 0.6) is 0 Å². The normalized spacial score (nSPS) is 7.14. The van der Waals surface area contributed by atoms with Crippen LogP contribution in [0.3, 0.4) is 0 Å². The SMILES string of the molecule is CC.CC.CCCCC.c1ccccc1.c1ccccc1. The van der Waals surface area contributed by atoms with Crippen LogP contribution < -0.4 is 0 Å². The number of rotatable bonds is 2. The van der Waals surface area contributed by atoms with Crippen LogP contribution in [0, 0.1) is 0 Å². The highest BCUT2D eigenvalue weighted by Crippen LogP contribution is 1.88. The van der Waals surface area contributed by atoms with E-state index in [4.69, 9.17) is 0 Å². The Kier molecular flexibility index (Phi) is 36.2. The Bertz CT molecular complexity index is 212. The van der Waals surface area contributed by atoms with E-state index in [2.05, 4.69) is 13.8 Å². The quantitative estimate of drug-likeness (QED) is 0.533. The lowest BCUT2D eigenvalue weighted by Crippen LogP contribution is -1.59. The first-order valence-electron chi connectivity index (χ1n) is 8.41. The van der Waals surface area contributed by atoms with Crippen molar-refractivity contribution < 1.29 is 0 Å². The number of unbranched alkanes of at least 4 members (excludes halogenated alkanes) is 2. The molecule has 0 heteroatoms. The van der Waals surface area contributed by atoms with Crippen molar-refractivity contribution in [2.45, 2.75) is 60.8 Å². The van der Waals surface area contributed by atoms with Crippen molar-refractivity contribution in [3.63, 3.8) is 0 Å². The molecule has 120 valence electrons. The van der Waals surface area contributed by atoms with E-state index in [9.17, 15) is 0 Å². The molecule has 0 aliphatic heterocycles. The van der Waals surface area contributed by atoms with Gasteiger partial charge in [0.15, 0.2) is 0 Å². The molecule has 2 aromatic rings. The molecule has 21 heavy (non-hydrogen) atoms. The summed E-state index contributed by atoms with van der Waals surface area (Å²) in [6.45, 7) is 12.4. The molecular formula is C21H36. The summed E-state index contributed by atoms with van der Waals surface area (Å²) in [5.41, 5.74) is 0. The first kappa shape index (κ1) is 24.5. The Morgan fingerprint density at radius 2 is 0.524 bits per heavy atom. The monoisotopic (exact) mass is 288 g/mol. The molecule has 2 rings (SSSR count). The van der Waals surface area contributed by atoms with Crippen molar-refractivity contribution in [3.8, 4) is 0 Å². The van der Waals surface area contributed by atoms with E-state index < -0.39 is 0 Å². The largest absolute Gasteiger partial charge is 0.0683 e. The Morgan fingerprint density at radius 3 is 0.571 bits per heavy atom. The van der Waals surface area contributed by atoms with Gasteiger partial charge in [-0.1, -0.05) is 134 Å². The zero-order chi connectivity index (χ0) is 16.6. The summed E-state index contributed by atoms with van der Waals surface area (Å²) in [7, 11) is 0. The van der Waals surface area contributed by atoms with E-state index in [0.29, 0.717) is 0 Å². The molecule has 0 aliphatic carbocycles. The van der Waals surface area contributed by atoms with Crippen molar-refractivity contribution in [1.29, 1.82) is 0 Å². The Balaban J connectivity index is -0.000000208. The van der Waals surface area contributed by atoms with E-state index in [1.54, 1.807) is 0 Å². The summed E-state index contributed by atoms with van der Waals surface area (Å²) in [6, 6.07) is 24.0. The third-order valence-corrected chi connectivity index (χ3v) is 2.04. The Hall–Kier alpha value is -1.56. The Labute approximate surface area is 134 Å². The van der Waals surface area contributed by atoms with Crippen molar-refractivity contribution in [1.82, 2.24) is 0 Å². The predicted octanol–water partition coefficient (Wildman–Crippen LogP) is 7.62. The molecular weight excluding hydrogens is 252 g/mol. The van der Waals surface area contributed by atoms with Crippen LogP contribution in [0.4, 0.5) is 0 Å². The molecule has 0 aromatic heterocycles. The van der Waals surface area contributed by atoms with Gasteiger partial charge in [-0.2, -0.15) is 0 Å². The first-order valence-corrected chi connectivity index (χ1v) is 8.41. The highest BCUT2D eigenvalue weighted by Gasteiger charge is 1.68. The molecule has 0 saturated heterocycles. The van der Waals surface area contributed by atoms with Gasteiger partial charge >= 0.3 is 0 Å². The Morgan fingerprint density at radius 1 is 0.381 bits per heavy atom. The van der Waals surface area contributed by atoms with E-state index in [-0.39, 0.29) is 0 Å². The minimum Gasteiger partial charge on any atom is -0.0683 e. The van der Waals surface area contributed by atoms with Gasteiger partial charge in [-0.25, -0.2) is 0 Å². The molecule has 0 nitrogen and oxygen atoms in total. The molecule has 0 radical (unpaired) electrons. The zero-order valence-electron chi connectivity index (χ0n) is 15.0. The fourth-order valence-corrected chi connectivity index (χ4v) is 1.12. The minimum absolute atomic E-state index is 1.34. The van der Waals surface area contributed by atoms with Crippen LogP contribution in [0.1, 0.15) is 60.8 Å². The van der Waals surface area contributed by atoms with Crippen LogP contribution in [-0.4, -0.2) is 0 Å². The average Bonchev–Trinajstić information content (AvgIpc) is 2.63. The van der Waals surface area contributed by atoms with Crippen LogP contribution in [0.2, 0.25) is 0 Å². The van der Waals surface area contributed by atoms with E-state index in [1.807, 2.05) is 100 Å². The van der Waals surface area contributed by atoms with Gasteiger partial charge in [-0.15, -0.1) is 0 Å². The van der Waals surface area contributed by atoms with Crippen LogP contribution in [0.15, 0.2) is 72.8 Å². The molecule has 0 spiro atoms. The maximum absolute atomic E-state index is 2.21. The second kappa shape index (κ2) is 31.0. The van der Waals surface area contributed by atoms with E-state index in [0.717, 1.165) is 0 Å². The van der Waals surface area contributed by atoms with Gasteiger partial charge in [-0.05, 0) is 0 Å². The smallest absolute Gasteiger partial charge is 0.0538 e. The fourth-order valence-electron chi connectivity index (χ4n) is 1.12. The summed E-state index contributed by atoms with van der Waals surface area (Å²) >= 11 is 0. The molecule has 2 aromatic carbocycles. The highest BCUT2D eigenvalue weighted by molar-refractivity contribution is 4.99. The third kappa shape index (κ3) is 32.2. The lowest BCUT2D eigenvalue weighted by atomic mass is 10.3. The lowest BCUT2D eigenvalue weighted by Gasteiger charge is -1.79.